The molecule has 1 unspecified atom stereocenters. The van der Waals surface area contributed by atoms with Crippen molar-refractivity contribution >= 4 is 17.8 Å². The largest absolute Gasteiger partial charge is 0.444 e. The highest BCUT2D eigenvalue weighted by Crippen LogP contribution is 2.38. The van der Waals surface area contributed by atoms with Crippen LogP contribution in [0.1, 0.15) is 55.6 Å². The first-order chi connectivity index (χ1) is 20.1. The number of nitrogen functional groups attached to an aromatic ring is 1. The van der Waals surface area contributed by atoms with E-state index in [0.717, 1.165) is 52.4 Å². The van der Waals surface area contributed by atoms with E-state index in [0.29, 0.717) is 39.1 Å². The lowest BCUT2D eigenvalue weighted by Crippen LogP contribution is -2.50. The van der Waals surface area contributed by atoms with E-state index in [1.165, 1.54) is 6.07 Å². The molecule has 3 heterocycles. The molecule has 3 aromatic rings. The van der Waals surface area contributed by atoms with E-state index < -0.39 is 5.60 Å². The predicted octanol–water partition coefficient (Wildman–Crippen LogP) is 4.57. The number of nitrogens with two attached hydrogens (primary N) is 1. The SMILES string of the molecule is Cc1nc(N)nc2c1C(=NOCCN1CCN(C(=O)OC(C)(C)C)CC1)CC(c1ccc(F)cc1-c1cccnc1)C2. The molecule has 0 saturated carbocycles. The molecule has 11 heteroatoms. The van der Waals surface area contributed by atoms with Gasteiger partial charge in [-0.3, -0.25) is 9.88 Å². The number of anilines is 1. The summed E-state index contributed by atoms with van der Waals surface area (Å²) < 4.78 is 19.9. The molecular formula is C31H38FN7O3. The molecule has 42 heavy (non-hydrogen) atoms. The third kappa shape index (κ3) is 7.02. The summed E-state index contributed by atoms with van der Waals surface area (Å²) in [4.78, 5) is 35.4. The lowest BCUT2D eigenvalue weighted by Gasteiger charge is -2.35. The second kappa shape index (κ2) is 12.4. The number of aryl methyl sites for hydroxylation is 1. The number of fused-ring (bicyclic) bond motifs is 1. The van der Waals surface area contributed by atoms with Crippen LogP contribution < -0.4 is 5.73 Å². The Balaban J connectivity index is 1.29. The maximum Gasteiger partial charge on any atom is 0.410 e. The van der Waals surface area contributed by atoms with Crippen molar-refractivity contribution in [2.24, 2.45) is 5.16 Å². The molecule has 2 aromatic heterocycles. The second-order valence-electron chi connectivity index (χ2n) is 11.7. The van der Waals surface area contributed by atoms with Gasteiger partial charge in [-0.25, -0.2) is 19.2 Å². The highest BCUT2D eigenvalue weighted by Gasteiger charge is 2.31. The van der Waals surface area contributed by atoms with Crippen molar-refractivity contribution in [3.63, 3.8) is 0 Å². The van der Waals surface area contributed by atoms with Crippen LogP contribution in [0.4, 0.5) is 15.1 Å². The Morgan fingerprint density at radius 2 is 1.93 bits per heavy atom. The Bertz CT molecular complexity index is 1450. The normalized spacial score (nSPS) is 18.5. The van der Waals surface area contributed by atoms with Crippen LogP contribution in [-0.2, 0) is 16.0 Å². The fourth-order valence-electron chi connectivity index (χ4n) is 5.55. The average Bonchev–Trinajstić information content (AvgIpc) is 2.94. The van der Waals surface area contributed by atoms with Crippen LogP contribution in [0, 0.1) is 12.7 Å². The number of nitrogens with zero attached hydrogens (tertiary/aromatic N) is 6. The van der Waals surface area contributed by atoms with Crippen LogP contribution in [0.3, 0.4) is 0 Å². The van der Waals surface area contributed by atoms with Gasteiger partial charge in [0.1, 0.15) is 18.0 Å². The summed E-state index contributed by atoms with van der Waals surface area (Å²) in [5, 5.41) is 4.58. The number of halogens is 1. The minimum Gasteiger partial charge on any atom is -0.444 e. The molecule has 1 saturated heterocycles. The zero-order valence-corrected chi connectivity index (χ0v) is 24.6. The zero-order valence-electron chi connectivity index (χ0n) is 24.6. The van der Waals surface area contributed by atoms with E-state index in [4.69, 9.17) is 15.3 Å². The molecule has 1 aliphatic carbocycles. The van der Waals surface area contributed by atoms with Crippen molar-refractivity contribution < 1.29 is 18.8 Å². The van der Waals surface area contributed by atoms with Crippen LogP contribution in [0.2, 0.25) is 0 Å². The molecule has 222 valence electrons. The molecule has 5 rings (SSSR count). The number of aromatic nitrogens is 3. The Hall–Kier alpha value is -4.12. The van der Waals surface area contributed by atoms with Crippen molar-refractivity contribution in [1.82, 2.24) is 24.8 Å². The van der Waals surface area contributed by atoms with Gasteiger partial charge in [-0.2, -0.15) is 0 Å². The van der Waals surface area contributed by atoms with E-state index in [1.54, 1.807) is 23.4 Å². The molecule has 1 aliphatic heterocycles. The van der Waals surface area contributed by atoms with Gasteiger partial charge in [-0.05, 0) is 69.4 Å². The van der Waals surface area contributed by atoms with Gasteiger partial charge in [0.2, 0.25) is 5.95 Å². The lowest BCUT2D eigenvalue weighted by atomic mass is 9.78. The first-order valence-corrected chi connectivity index (χ1v) is 14.3. The molecule has 1 aromatic carbocycles. The topological polar surface area (TPSA) is 119 Å². The van der Waals surface area contributed by atoms with E-state index in [-0.39, 0.29) is 23.8 Å². The third-order valence-electron chi connectivity index (χ3n) is 7.48. The van der Waals surface area contributed by atoms with Crippen LogP contribution in [0.15, 0.2) is 47.9 Å². The molecule has 10 nitrogen and oxygen atoms in total. The summed E-state index contributed by atoms with van der Waals surface area (Å²) in [6.45, 7) is 11.3. The molecule has 0 bridgehead atoms. The number of carbonyl (C=O) groups excluding carboxylic acids is 1. The number of amides is 1. The standard InChI is InChI=1S/C31H38FN7O3/c1-20-28-26(36-29(33)35-20)16-22(24-8-7-23(32)18-25(24)21-6-5-9-34-19-21)17-27(28)37-41-15-14-38-10-12-39(13-11-38)30(40)42-31(2,3)4/h5-9,18-19,22H,10-17H2,1-4H3,(H2,33,35,36). The Morgan fingerprint density at radius 3 is 2.64 bits per heavy atom. The van der Waals surface area contributed by atoms with E-state index in [1.807, 2.05) is 45.9 Å². The maximum atomic E-state index is 14.4. The Labute approximate surface area is 245 Å². The summed E-state index contributed by atoms with van der Waals surface area (Å²) in [6, 6.07) is 8.64. The zero-order chi connectivity index (χ0) is 29.9. The van der Waals surface area contributed by atoms with Gasteiger partial charge in [0.15, 0.2) is 0 Å². The molecule has 1 amide bonds. The molecule has 2 N–H and O–H groups in total. The Morgan fingerprint density at radius 1 is 1.14 bits per heavy atom. The van der Waals surface area contributed by atoms with E-state index in [9.17, 15) is 9.18 Å². The van der Waals surface area contributed by atoms with E-state index >= 15 is 0 Å². The molecule has 2 aliphatic rings. The molecule has 0 spiro atoms. The second-order valence-corrected chi connectivity index (χ2v) is 11.7. The molecular weight excluding hydrogens is 537 g/mol. The fourth-order valence-corrected chi connectivity index (χ4v) is 5.55. The maximum absolute atomic E-state index is 14.4. The Kier molecular flexibility index (Phi) is 8.67. The first kappa shape index (κ1) is 29.4. The number of hydrogen-bond acceptors (Lipinski definition) is 9. The minimum absolute atomic E-state index is 0.0229. The summed E-state index contributed by atoms with van der Waals surface area (Å²) >= 11 is 0. The summed E-state index contributed by atoms with van der Waals surface area (Å²) in [7, 11) is 0. The van der Waals surface area contributed by atoms with Crippen molar-refractivity contribution in [3.05, 3.63) is 71.1 Å². The van der Waals surface area contributed by atoms with E-state index in [2.05, 4.69) is 25.0 Å². The first-order valence-electron chi connectivity index (χ1n) is 14.3. The highest BCUT2D eigenvalue weighted by atomic mass is 19.1. The number of carbonyl (C=O) groups is 1. The van der Waals surface area contributed by atoms with Gasteiger partial charge >= 0.3 is 6.09 Å². The minimum atomic E-state index is -0.510. The van der Waals surface area contributed by atoms with Crippen LogP contribution in [0.5, 0.6) is 0 Å². The fraction of sp³-hybridized carbons (Fsp3) is 0.452. The van der Waals surface area contributed by atoms with Gasteiger partial charge in [-0.1, -0.05) is 17.3 Å². The number of pyridine rings is 1. The van der Waals surface area contributed by atoms with Gasteiger partial charge in [0.25, 0.3) is 0 Å². The van der Waals surface area contributed by atoms with Crippen LogP contribution in [-0.4, -0.2) is 81.5 Å². The molecule has 1 atom stereocenters. The van der Waals surface area contributed by atoms with Crippen molar-refractivity contribution in [1.29, 1.82) is 0 Å². The average molecular weight is 576 g/mol. The van der Waals surface area contributed by atoms with Crippen LogP contribution >= 0.6 is 0 Å². The smallest absolute Gasteiger partial charge is 0.410 e. The highest BCUT2D eigenvalue weighted by molar-refractivity contribution is 6.03. The number of rotatable bonds is 6. The van der Waals surface area contributed by atoms with Crippen molar-refractivity contribution in [2.45, 2.75) is 52.1 Å². The number of benzene rings is 1. The van der Waals surface area contributed by atoms with Crippen molar-refractivity contribution in [2.75, 3.05) is 45.1 Å². The summed E-state index contributed by atoms with van der Waals surface area (Å²) in [6.07, 6.45) is 4.36. The van der Waals surface area contributed by atoms with Gasteiger partial charge in [0.05, 0.1) is 17.1 Å². The summed E-state index contributed by atoms with van der Waals surface area (Å²) in [5.74, 6) is -0.116. The number of oxime groups is 1. The van der Waals surface area contributed by atoms with Crippen LogP contribution in [0.25, 0.3) is 11.1 Å². The monoisotopic (exact) mass is 575 g/mol. The predicted molar refractivity (Wildman–Crippen MR) is 159 cm³/mol. The lowest BCUT2D eigenvalue weighted by molar-refractivity contribution is 0.0117. The van der Waals surface area contributed by atoms with Gasteiger partial charge < -0.3 is 20.2 Å². The van der Waals surface area contributed by atoms with Gasteiger partial charge in [0, 0.05) is 62.7 Å². The number of hydrogen-bond donors (Lipinski definition) is 1. The number of ether oxygens (including phenoxy) is 1. The van der Waals surface area contributed by atoms with Gasteiger partial charge in [-0.15, -0.1) is 0 Å². The molecule has 1 fully saturated rings. The summed E-state index contributed by atoms with van der Waals surface area (Å²) in [5.41, 5.74) is 11.3. The third-order valence-corrected chi connectivity index (χ3v) is 7.48. The quantitative estimate of drug-likeness (QED) is 0.335. The van der Waals surface area contributed by atoms with Crippen molar-refractivity contribution in [3.8, 4) is 11.1 Å². The molecule has 0 radical (unpaired) electrons. The number of piperazine rings is 1.